The second-order valence-electron chi connectivity index (χ2n) is 8.52. The molecule has 4 aliphatic rings. The highest BCUT2D eigenvalue weighted by atomic mass is 35.5. The van der Waals surface area contributed by atoms with E-state index in [1.54, 1.807) is 24.3 Å². The summed E-state index contributed by atoms with van der Waals surface area (Å²) in [6.45, 7) is 1.65. The van der Waals surface area contributed by atoms with Crippen LogP contribution in [0.5, 0.6) is 17.2 Å². The van der Waals surface area contributed by atoms with Crippen LogP contribution in [0.2, 0.25) is 5.02 Å². The van der Waals surface area contributed by atoms with E-state index in [0.717, 1.165) is 36.4 Å². The van der Waals surface area contributed by atoms with Crippen LogP contribution >= 0.6 is 11.6 Å². The number of halogens is 1. The van der Waals surface area contributed by atoms with Crippen molar-refractivity contribution in [2.75, 3.05) is 19.9 Å². The van der Waals surface area contributed by atoms with Crippen molar-refractivity contribution in [2.45, 2.75) is 37.1 Å². The molecule has 3 heterocycles. The van der Waals surface area contributed by atoms with Crippen LogP contribution in [0.25, 0.3) is 0 Å². The van der Waals surface area contributed by atoms with Gasteiger partial charge >= 0.3 is 5.97 Å². The Hall–Kier alpha value is -2.74. The molecule has 7 nitrogen and oxygen atoms in total. The molecule has 2 aromatic carbocycles. The minimum atomic E-state index is -0.887. The Balaban J connectivity index is 1.28. The Kier molecular flexibility index (Phi) is 4.78. The molecule has 166 valence electrons. The van der Waals surface area contributed by atoms with Gasteiger partial charge in [0.2, 0.25) is 6.79 Å². The van der Waals surface area contributed by atoms with Gasteiger partial charge in [-0.3, -0.25) is 4.90 Å². The fraction of sp³-hybridized carbons (Fsp3) is 0.375. The summed E-state index contributed by atoms with van der Waals surface area (Å²) in [7, 11) is 0. The van der Waals surface area contributed by atoms with Crippen molar-refractivity contribution < 1.29 is 28.8 Å². The Labute approximate surface area is 190 Å². The first-order chi connectivity index (χ1) is 15.6. The second kappa shape index (κ2) is 7.69. The number of rotatable bonds is 4. The van der Waals surface area contributed by atoms with E-state index in [-0.39, 0.29) is 25.4 Å². The number of aliphatic hydroxyl groups excluding tert-OH is 1. The smallest absolute Gasteiger partial charge is 0.344 e. The Morgan fingerprint density at radius 3 is 2.78 bits per heavy atom. The van der Waals surface area contributed by atoms with Crippen LogP contribution in [0.4, 0.5) is 0 Å². The van der Waals surface area contributed by atoms with E-state index in [1.165, 1.54) is 5.57 Å². The summed E-state index contributed by atoms with van der Waals surface area (Å²) in [6.07, 6.45) is 1.16. The first kappa shape index (κ1) is 19.9. The number of carbonyl (C=O) groups is 1. The average molecular weight is 456 g/mol. The first-order valence-electron chi connectivity index (χ1n) is 10.7. The number of hydrogen-bond donors (Lipinski definition) is 1. The maximum atomic E-state index is 12.7. The number of aliphatic hydroxyl groups is 1. The fourth-order valence-corrected chi connectivity index (χ4v) is 5.46. The van der Waals surface area contributed by atoms with Gasteiger partial charge in [-0.15, -0.1) is 0 Å². The zero-order valence-electron chi connectivity index (χ0n) is 17.2. The lowest BCUT2D eigenvalue weighted by atomic mass is 9.73. The highest BCUT2D eigenvalue weighted by Crippen LogP contribution is 2.50. The van der Waals surface area contributed by atoms with Gasteiger partial charge in [-0.05, 0) is 53.9 Å². The molecule has 0 spiro atoms. The zero-order valence-corrected chi connectivity index (χ0v) is 18.0. The monoisotopic (exact) mass is 455 g/mol. The van der Waals surface area contributed by atoms with Gasteiger partial charge in [0.25, 0.3) is 0 Å². The van der Waals surface area contributed by atoms with Gasteiger partial charge in [0.1, 0.15) is 18.0 Å². The van der Waals surface area contributed by atoms with Crippen molar-refractivity contribution in [1.29, 1.82) is 0 Å². The van der Waals surface area contributed by atoms with Crippen molar-refractivity contribution in [2.24, 2.45) is 0 Å². The fourth-order valence-electron chi connectivity index (χ4n) is 5.33. The minimum Gasteiger partial charge on any atom is -0.482 e. The van der Waals surface area contributed by atoms with E-state index in [9.17, 15) is 9.90 Å². The van der Waals surface area contributed by atoms with Gasteiger partial charge in [0.05, 0.1) is 0 Å². The Morgan fingerprint density at radius 1 is 1.19 bits per heavy atom. The van der Waals surface area contributed by atoms with Gasteiger partial charge in [-0.2, -0.15) is 0 Å². The lowest BCUT2D eigenvalue weighted by molar-refractivity contribution is -0.159. The lowest BCUT2D eigenvalue weighted by Gasteiger charge is -2.45. The second-order valence-corrected chi connectivity index (χ2v) is 8.96. The summed E-state index contributed by atoms with van der Waals surface area (Å²) in [5.41, 5.74) is 3.36. The largest absolute Gasteiger partial charge is 0.482 e. The lowest BCUT2D eigenvalue weighted by Crippen LogP contribution is -2.51. The predicted molar refractivity (Wildman–Crippen MR) is 115 cm³/mol. The Bertz CT molecular complexity index is 1100. The summed E-state index contributed by atoms with van der Waals surface area (Å²) in [6, 6.07) is 10.9. The van der Waals surface area contributed by atoms with E-state index in [0.29, 0.717) is 16.5 Å². The van der Waals surface area contributed by atoms with E-state index in [4.69, 9.17) is 30.5 Å². The highest BCUT2D eigenvalue weighted by molar-refractivity contribution is 6.30. The van der Waals surface area contributed by atoms with Gasteiger partial charge in [-0.1, -0.05) is 23.3 Å². The molecule has 1 fully saturated rings. The third-order valence-electron chi connectivity index (χ3n) is 6.68. The van der Waals surface area contributed by atoms with Crippen molar-refractivity contribution >= 4 is 17.6 Å². The number of nitrogens with zero attached hydrogens (tertiary/aromatic N) is 1. The normalized spacial score (nSPS) is 27.4. The number of esters is 1. The van der Waals surface area contributed by atoms with Crippen LogP contribution in [0.15, 0.2) is 48.0 Å². The van der Waals surface area contributed by atoms with Crippen molar-refractivity contribution in [3.05, 3.63) is 64.2 Å². The number of fused-ring (bicyclic) bond motifs is 3. The summed E-state index contributed by atoms with van der Waals surface area (Å²) in [5, 5.41) is 11.5. The van der Waals surface area contributed by atoms with E-state index >= 15 is 0 Å². The van der Waals surface area contributed by atoms with E-state index in [2.05, 4.69) is 4.90 Å². The average Bonchev–Trinajstić information content (AvgIpc) is 3.41. The minimum absolute atomic E-state index is 0.0984. The summed E-state index contributed by atoms with van der Waals surface area (Å²) in [5.74, 6) is 1.23. The van der Waals surface area contributed by atoms with Crippen molar-refractivity contribution in [3.8, 4) is 17.2 Å². The molecule has 8 heteroatoms. The van der Waals surface area contributed by atoms with Crippen molar-refractivity contribution in [1.82, 2.24) is 4.90 Å². The van der Waals surface area contributed by atoms with Crippen LogP contribution in [0.1, 0.15) is 23.5 Å². The van der Waals surface area contributed by atoms with Crippen molar-refractivity contribution in [3.63, 3.8) is 0 Å². The molecule has 0 radical (unpaired) electrons. The van der Waals surface area contributed by atoms with E-state index < -0.39 is 18.2 Å². The van der Waals surface area contributed by atoms with E-state index in [1.807, 2.05) is 18.2 Å². The maximum absolute atomic E-state index is 12.7. The number of benzene rings is 2. The van der Waals surface area contributed by atoms with Gasteiger partial charge in [0, 0.05) is 30.1 Å². The number of ether oxygens (including phenoxy) is 4. The third-order valence-corrected chi connectivity index (χ3v) is 6.93. The summed E-state index contributed by atoms with van der Waals surface area (Å²) in [4.78, 5) is 15.1. The SMILES string of the molecule is O=C(COc1ccc(Cl)cc1)OC1C(O)C=C2CCN3Cc4cc5c(cc4C1C23)OCO5. The molecule has 6 rings (SSSR count). The summed E-state index contributed by atoms with van der Waals surface area (Å²) >= 11 is 5.89. The molecule has 0 saturated carbocycles. The van der Waals surface area contributed by atoms with Gasteiger partial charge in [0.15, 0.2) is 18.1 Å². The first-order valence-corrected chi connectivity index (χ1v) is 11.1. The van der Waals surface area contributed by atoms with Crippen LogP contribution in [0, 0.1) is 0 Å². The molecule has 1 N–H and O–H groups in total. The third kappa shape index (κ3) is 3.32. The molecule has 0 amide bonds. The highest BCUT2D eigenvalue weighted by Gasteiger charge is 2.50. The molecule has 0 aromatic heterocycles. The zero-order chi connectivity index (χ0) is 21.8. The molecule has 32 heavy (non-hydrogen) atoms. The quantitative estimate of drug-likeness (QED) is 0.561. The molecular formula is C24H22ClNO6. The maximum Gasteiger partial charge on any atom is 0.344 e. The molecule has 3 aliphatic heterocycles. The van der Waals surface area contributed by atoms with Crippen LogP contribution < -0.4 is 14.2 Å². The van der Waals surface area contributed by atoms with Crippen LogP contribution in [-0.2, 0) is 16.1 Å². The summed E-state index contributed by atoms with van der Waals surface area (Å²) < 4.78 is 22.5. The molecular weight excluding hydrogens is 434 g/mol. The predicted octanol–water partition coefficient (Wildman–Crippen LogP) is 3.03. The standard InChI is InChI=1S/C24H22ClNO6/c25-15-1-3-16(4-2-15)29-11-21(28)32-24-18(27)7-13-5-6-26-10-14-8-19-20(31-12-30-19)9-17(14)22(24)23(13)26/h1-4,7-9,18,22-24,27H,5-6,10-12H2. The molecule has 2 aromatic rings. The molecule has 4 unspecified atom stereocenters. The van der Waals surface area contributed by atoms with Gasteiger partial charge in [-0.25, -0.2) is 4.79 Å². The van der Waals surface area contributed by atoms with Gasteiger partial charge < -0.3 is 24.1 Å². The molecule has 0 bridgehead atoms. The number of carbonyl (C=O) groups excluding carboxylic acids is 1. The Morgan fingerprint density at radius 2 is 1.97 bits per heavy atom. The molecule has 4 atom stereocenters. The number of hydrogen-bond acceptors (Lipinski definition) is 7. The molecule has 1 saturated heterocycles. The topological polar surface area (TPSA) is 77.5 Å². The molecule has 1 aliphatic carbocycles. The van der Waals surface area contributed by atoms with Crippen LogP contribution in [-0.4, -0.2) is 54.2 Å². The van der Waals surface area contributed by atoms with Crippen LogP contribution in [0.3, 0.4) is 0 Å².